The Morgan fingerprint density at radius 3 is 2.90 bits per heavy atom. The number of esters is 1. The average molecular weight is 316 g/mol. The summed E-state index contributed by atoms with van der Waals surface area (Å²) in [7, 11) is -3.41. The van der Waals surface area contributed by atoms with Gasteiger partial charge >= 0.3 is 16.2 Å². The van der Waals surface area contributed by atoms with E-state index in [9.17, 15) is 21.9 Å². The SMILES string of the molecule is COC(=O)c1ccnc(N2CC(CS(=O)(=O)F)CC2=O)c1. The Morgan fingerprint density at radius 1 is 1.57 bits per heavy atom. The predicted octanol–water partition coefficient (Wildman–Crippen LogP) is 0.520. The van der Waals surface area contributed by atoms with Crippen molar-refractivity contribution in [1.29, 1.82) is 0 Å². The van der Waals surface area contributed by atoms with Gasteiger partial charge in [-0.05, 0) is 12.1 Å². The minimum absolute atomic E-state index is 0.0413. The normalized spacial score (nSPS) is 18.9. The zero-order chi connectivity index (χ0) is 15.6. The van der Waals surface area contributed by atoms with Crippen LogP contribution >= 0.6 is 0 Å². The predicted molar refractivity (Wildman–Crippen MR) is 70.9 cm³/mol. The van der Waals surface area contributed by atoms with E-state index in [0.717, 1.165) is 0 Å². The molecule has 1 unspecified atom stereocenters. The van der Waals surface area contributed by atoms with E-state index in [-0.39, 0.29) is 30.3 Å². The first-order valence-corrected chi connectivity index (χ1v) is 7.62. The maximum absolute atomic E-state index is 12.7. The lowest BCUT2D eigenvalue weighted by Crippen LogP contribution is -2.26. The molecule has 9 heteroatoms. The number of hydrogen-bond acceptors (Lipinski definition) is 6. The third-order valence-corrected chi connectivity index (χ3v) is 3.95. The fourth-order valence-electron chi connectivity index (χ4n) is 2.21. The monoisotopic (exact) mass is 316 g/mol. The lowest BCUT2D eigenvalue weighted by atomic mass is 10.1. The van der Waals surface area contributed by atoms with Crippen LogP contribution in [-0.2, 0) is 19.8 Å². The molecule has 7 nitrogen and oxygen atoms in total. The summed E-state index contributed by atoms with van der Waals surface area (Å²) in [5, 5.41) is 0. The van der Waals surface area contributed by atoms with E-state index in [1.165, 1.54) is 30.3 Å². The van der Waals surface area contributed by atoms with Gasteiger partial charge in [0.1, 0.15) is 5.82 Å². The van der Waals surface area contributed by atoms with Gasteiger partial charge in [-0.2, -0.15) is 8.42 Å². The van der Waals surface area contributed by atoms with Gasteiger partial charge in [0.05, 0.1) is 18.4 Å². The van der Waals surface area contributed by atoms with Crippen LogP contribution in [0.1, 0.15) is 16.8 Å². The number of ether oxygens (including phenoxy) is 1. The van der Waals surface area contributed by atoms with Crippen LogP contribution in [0.25, 0.3) is 0 Å². The van der Waals surface area contributed by atoms with Gasteiger partial charge in [-0.1, -0.05) is 0 Å². The maximum Gasteiger partial charge on any atom is 0.338 e. The highest BCUT2D eigenvalue weighted by molar-refractivity contribution is 7.86. The smallest absolute Gasteiger partial charge is 0.338 e. The topological polar surface area (TPSA) is 93.6 Å². The van der Waals surface area contributed by atoms with Crippen molar-refractivity contribution < 1.29 is 26.6 Å². The summed E-state index contributed by atoms with van der Waals surface area (Å²) in [6.45, 7) is 0.0413. The summed E-state index contributed by atoms with van der Waals surface area (Å²) in [5.74, 6) is -2.06. The Morgan fingerprint density at radius 2 is 2.29 bits per heavy atom. The van der Waals surface area contributed by atoms with Crippen LogP contribution in [0, 0.1) is 5.92 Å². The molecule has 1 atom stereocenters. The van der Waals surface area contributed by atoms with Crippen molar-refractivity contribution >= 4 is 27.9 Å². The molecule has 1 aliphatic rings. The first-order valence-electron chi connectivity index (χ1n) is 6.07. The molecule has 0 bridgehead atoms. The lowest BCUT2D eigenvalue weighted by molar-refractivity contribution is -0.117. The summed E-state index contributed by atoms with van der Waals surface area (Å²) in [5.41, 5.74) is 0.219. The van der Waals surface area contributed by atoms with Crippen molar-refractivity contribution in [2.45, 2.75) is 6.42 Å². The molecule has 1 amide bonds. The quantitative estimate of drug-likeness (QED) is 0.594. The Balaban J connectivity index is 2.19. The van der Waals surface area contributed by atoms with E-state index < -0.39 is 27.9 Å². The Hall–Kier alpha value is -2.03. The molecule has 0 radical (unpaired) electrons. The number of halogens is 1. The van der Waals surface area contributed by atoms with E-state index in [0.29, 0.717) is 0 Å². The van der Waals surface area contributed by atoms with Crippen molar-refractivity contribution in [2.75, 3.05) is 24.3 Å². The molecule has 1 aromatic heterocycles. The fraction of sp³-hybridized carbons (Fsp3) is 0.417. The van der Waals surface area contributed by atoms with Crippen LogP contribution in [-0.4, -0.2) is 44.7 Å². The number of carbonyl (C=O) groups excluding carboxylic acids is 2. The number of nitrogens with zero attached hydrogens (tertiary/aromatic N) is 2. The summed E-state index contributed by atoms with van der Waals surface area (Å²) in [6, 6.07) is 2.80. The fourth-order valence-corrected chi connectivity index (χ4v) is 2.99. The summed E-state index contributed by atoms with van der Waals surface area (Å²) in [6.07, 6.45) is 1.27. The van der Waals surface area contributed by atoms with Crippen molar-refractivity contribution in [2.24, 2.45) is 5.92 Å². The zero-order valence-electron chi connectivity index (χ0n) is 11.2. The first-order chi connectivity index (χ1) is 9.80. The number of hydrogen-bond donors (Lipinski definition) is 0. The van der Waals surface area contributed by atoms with Gasteiger partial charge in [0.25, 0.3) is 0 Å². The molecule has 1 fully saturated rings. The van der Waals surface area contributed by atoms with E-state index >= 15 is 0 Å². The summed E-state index contributed by atoms with van der Waals surface area (Å²) < 4.78 is 38.5. The molecule has 0 N–H and O–H groups in total. The zero-order valence-corrected chi connectivity index (χ0v) is 12.0. The Kier molecular flexibility index (Phi) is 4.21. The highest BCUT2D eigenvalue weighted by Crippen LogP contribution is 2.25. The van der Waals surface area contributed by atoms with E-state index in [1.807, 2.05) is 0 Å². The highest BCUT2D eigenvalue weighted by Gasteiger charge is 2.34. The van der Waals surface area contributed by atoms with Crippen molar-refractivity contribution in [3.05, 3.63) is 23.9 Å². The average Bonchev–Trinajstić information content (AvgIpc) is 2.76. The molecule has 114 valence electrons. The van der Waals surface area contributed by atoms with Crippen LogP contribution in [0.3, 0.4) is 0 Å². The molecule has 21 heavy (non-hydrogen) atoms. The standard InChI is InChI=1S/C12H13FN2O5S/c1-20-12(17)9-2-3-14-10(5-9)15-6-8(4-11(15)16)7-21(13,18)19/h2-3,5,8H,4,6-7H2,1H3. The number of anilines is 1. The van der Waals surface area contributed by atoms with Crippen LogP contribution in [0.4, 0.5) is 9.70 Å². The molecule has 0 aromatic carbocycles. The Labute approximate surface area is 120 Å². The van der Waals surface area contributed by atoms with Crippen LogP contribution in [0.5, 0.6) is 0 Å². The first kappa shape index (κ1) is 15.4. The number of aromatic nitrogens is 1. The molecular weight excluding hydrogens is 303 g/mol. The second-order valence-corrected chi connectivity index (χ2v) is 6.09. The van der Waals surface area contributed by atoms with Crippen molar-refractivity contribution in [3.63, 3.8) is 0 Å². The molecule has 0 saturated carbocycles. The third kappa shape index (κ3) is 3.75. The third-order valence-electron chi connectivity index (χ3n) is 3.08. The minimum Gasteiger partial charge on any atom is -0.465 e. The van der Waals surface area contributed by atoms with Gasteiger partial charge in [-0.3, -0.25) is 9.69 Å². The van der Waals surface area contributed by atoms with E-state index in [1.54, 1.807) is 0 Å². The van der Waals surface area contributed by atoms with Gasteiger partial charge in [0.15, 0.2) is 0 Å². The van der Waals surface area contributed by atoms with Gasteiger partial charge in [0, 0.05) is 25.1 Å². The second kappa shape index (κ2) is 5.76. The second-order valence-electron chi connectivity index (χ2n) is 4.67. The van der Waals surface area contributed by atoms with Gasteiger partial charge in [-0.25, -0.2) is 9.78 Å². The van der Waals surface area contributed by atoms with Gasteiger partial charge in [-0.15, -0.1) is 3.89 Å². The van der Waals surface area contributed by atoms with Crippen LogP contribution in [0.15, 0.2) is 18.3 Å². The lowest BCUT2D eigenvalue weighted by Gasteiger charge is -2.15. The van der Waals surface area contributed by atoms with Crippen molar-refractivity contribution in [1.82, 2.24) is 4.98 Å². The molecule has 1 aromatic rings. The van der Waals surface area contributed by atoms with E-state index in [2.05, 4.69) is 9.72 Å². The number of carbonyl (C=O) groups is 2. The molecule has 2 heterocycles. The molecule has 0 aliphatic carbocycles. The Bertz CT molecular complexity index is 676. The van der Waals surface area contributed by atoms with Gasteiger partial charge in [0.2, 0.25) is 5.91 Å². The molecule has 2 rings (SSSR count). The summed E-state index contributed by atoms with van der Waals surface area (Å²) in [4.78, 5) is 28.5. The number of rotatable bonds is 4. The minimum atomic E-state index is -4.64. The maximum atomic E-state index is 12.7. The molecule has 1 saturated heterocycles. The van der Waals surface area contributed by atoms with E-state index in [4.69, 9.17) is 0 Å². The van der Waals surface area contributed by atoms with Crippen LogP contribution in [0.2, 0.25) is 0 Å². The van der Waals surface area contributed by atoms with Gasteiger partial charge < -0.3 is 4.74 Å². The molecule has 0 spiro atoms. The number of pyridine rings is 1. The number of amides is 1. The van der Waals surface area contributed by atoms with Crippen LogP contribution < -0.4 is 4.90 Å². The van der Waals surface area contributed by atoms with Crippen molar-refractivity contribution in [3.8, 4) is 0 Å². The largest absolute Gasteiger partial charge is 0.465 e. The molecule has 1 aliphatic heterocycles. The highest BCUT2D eigenvalue weighted by atomic mass is 32.3. The summed E-state index contributed by atoms with van der Waals surface area (Å²) >= 11 is 0. The number of methoxy groups -OCH3 is 1. The molecular formula is C12H13FN2O5S.